The first-order valence-corrected chi connectivity index (χ1v) is 7.63. The third-order valence-electron chi connectivity index (χ3n) is 3.98. The van der Waals surface area contributed by atoms with Gasteiger partial charge in [0.05, 0.1) is 7.11 Å². The molecule has 0 aromatic heterocycles. The van der Waals surface area contributed by atoms with Gasteiger partial charge in [-0.2, -0.15) is 9.48 Å². The van der Waals surface area contributed by atoms with Gasteiger partial charge < -0.3 is 10.5 Å². The van der Waals surface area contributed by atoms with Crippen LogP contribution in [0.1, 0.15) is 5.56 Å². The minimum Gasteiger partial charge on any atom is -0.496 e. The fraction of sp³-hybridized carbons (Fsp3) is 0.235. The zero-order chi connectivity index (χ0) is 18.0. The highest BCUT2D eigenvalue weighted by atomic mass is 16.5. The zero-order valence-electron chi connectivity index (χ0n) is 13.6. The Morgan fingerprint density at radius 3 is 2.84 bits per heavy atom. The molecule has 0 saturated heterocycles. The number of hydrogen-bond acceptors (Lipinski definition) is 5. The maximum Gasteiger partial charge on any atom is 0.446 e. The van der Waals surface area contributed by atoms with E-state index in [9.17, 15) is 14.4 Å². The number of fused-ring (bicyclic) bond motifs is 1. The van der Waals surface area contributed by atoms with E-state index >= 15 is 0 Å². The lowest BCUT2D eigenvalue weighted by Crippen LogP contribution is -2.55. The maximum absolute atomic E-state index is 12.8. The monoisotopic (exact) mass is 341 g/mol. The molecule has 2 N–H and O–H groups in total. The average Bonchev–Trinajstić information content (AvgIpc) is 2.62. The van der Waals surface area contributed by atoms with Gasteiger partial charge in [0.15, 0.2) is 12.5 Å². The molecule has 0 saturated carbocycles. The van der Waals surface area contributed by atoms with Crippen LogP contribution in [0.4, 0.5) is 4.79 Å². The molecule has 0 radical (unpaired) electrons. The summed E-state index contributed by atoms with van der Waals surface area (Å²) in [6, 6.07) is 6.48. The van der Waals surface area contributed by atoms with E-state index in [0.717, 1.165) is 9.48 Å². The summed E-state index contributed by atoms with van der Waals surface area (Å²) in [5, 5.41) is 0. The molecule has 1 atom stereocenters. The quantitative estimate of drug-likeness (QED) is 0.778. The van der Waals surface area contributed by atoms with Gasteiger partial charge in [-0.05, 0) is 12.1 Å². The molecule has 0 aliphatic carbocycles. The van der Waals surface area contributed by atoms with Gasteiger partial charge in [-0.1, -0.05) is 24.3 Å². The molecule has 1 unspecified atom stereocenters. The summed E-state index contributed by atoms with van der Waals surface area (Å²) in [6.45, 7) is -0.316. The molecular weight excluding hydrogens is 324 g/mol. The number of imide groups is 1. The fourth-order valence-corrected chi connectivity index (χ4v) is 2.84. The van der Waals surface area contributed by atoms with Crippen LogP contribution in [0.25, 0.3) is 0 Å². The Labute approximate surface area is 143 Å². The highest BCUT2D eigenvalue weighted by molar-refractivity contribution is 6.15. The van der Waals surface area contributed by atoms with Crippen LogP contribution >= 0.6 is 0 Å². The van der Waals surface area contributed by atoms with Crippen LogP contribution in [0.15, 0.2) is 41.4 Å². The largest absolute Gasteiger partial charge is 0.496 e. The van der Waals surface area contributed by atoms with Crippen molar-refractivity contribution in [1.29, 1.82) is 0 Å². The summed E-state index contributed by atoms with van der Waals surface area (Å²) in [6.07, 6.45) is 4.74. The Balaban J connectivity index is 2.01. The van der Waals surface area contributed by atoms with E-state index in [2.05, 4.69) is 4.99 Å². The van der Waals surface area contributed by atoms with Crippen LogP contribution < -0.4 is 10.5 Å². The number of primary amides is 1. The van der Waals surface area contributed by atoms with Crippen LogP contribution in [-0.2, 0) is 16.1 Å². The van der Waals surface area contributed by atoms with Crippen molar-refractivity contribution in [1.82, 2.24) is 4.90 Å². The van der Waals surface area contributed by atoms with Crippen molar-refractivity contribution >= 4 is 29.9 Å². The van der Waals surface area contributed by atoms with E-state index in [1.807, 2.05) is 0 Å². The molecule has 0 spiro atoms. The third-order valence-corrected chi connectivity index (χ3v) is 3.98. The number of urea groups is 1. The van der Waals surface area contributed by atoms with Gasteiger partial charge in [0.25, 0.3) is 11.7 Å². The summed E-state index contributed by atoms with van der Waals surface area (Å²) in [7, 11) is 1.52. The van der Waals surface area contributed by atoms with Crippen molar-refractivity contribution in [2.24, 2.45) is 16.6 Å². The number of amides is 4. The first kappa shape index (κ1) is 16.6. The lowest BCUT2D eigenvalue weighted by Gasteiger charge is -2.27. The molecule has 2 aliphatic rings. The average molecular weight is 341 g/mol. The van der Waals surface area contributed by atoms with Crippen LogP contribution in [0, 0.1) is 5.92 Å². The Hall–Kier alpha value is -3.29. The summed E-state index contributed by atoms with van der Waals surface area (Å²) < 4.78 is 6.42. The predicted molar refractivity (Wildman–Crippen MR) is 89.4 cm³/mol. The van der Waals surface area contributed by atoms with Crippen LogP contribution in [0.2, 0.25) is 0 Å². The topological polar surface area (TPSA) is 105 Å². The first-order valence-electron chi connectivity index (χ1n) is 7.63. The number of rotatable bonds is 5. The van der Waals surface area contributed by atoms with Gasteiger partial charge in [-0.25, -0.2) is 4.79 Å². The van der Waals surface area contributed by atoms with Crippen molar-refractivity contribution in [3.63, 3.8) is 0 Å². The minimum absolute atomic E-state index is 0.0261. The highest BCUT2D eigenvalue weighted by Gasteiger charge is 2.47. The van der Waals surface area contributed by atoms with Crippen molar-refractivity contribution < 1.29 is 23.7 Å². The van der Waals surface area contributed by atoms with Gasteiger partial charge in [-0.15, -0.1) is 4.99 Å². The molecule has 0 bridgehead atoms. The number of amidine groups is 1. The number of allylic oxidation sites excluding steroid dienone is 1. The number of dihydropyridines is 1. The van der Waals surface area contributed by atoms with Crippen molar-refractivity contribution in [3.8, 4) is 5.75 Å². The van der Waals surface area contributed by atoms with Gasteiger partial charge in [-0.3, -0.25) is 9.59 Å². The number of nitrogens with zero attached hydrogens (tertiary/aromatic N) is 3. The smallest absolute Gasteiger partial charge is 0.446 e. The Morgan fingerprint density at radius 2 is 2.12 bits per heavy atom. The second-order valence-corrected chi connectivity index (χ2v) is 5.57. The number of aliphatic imine (C=N–C) groups is 1. The number of benzene rings is 1. The standard InChI is InChI=1S/C17H16N4O4/c1-25-13-7-3-2-5-11(13)9-21-16(23)12-6-4-8-19-15(12)20(17(21)24)10-14(18)22/h2-8,12H,9-10H2,1H3,(H-,18,22)/p+1. The summed E-state index contributed by atoms with van der Waals surface area (Å²) >= 11 is 0. The molecule has 0 fully saturated rings. The number of carbonyl (C=O) groups excluding carboxylic acids is 3. The SMILES string of the molecule is COc1ccccc1CN1C(=O)C2C=CC=NC2=[N+](CC(N)=O)C1=O. The minimum atomic E-state index is -0.725. The molecule has 8 nitrogen and oxygen atoms in total. The Bertz CT molecular complexity index is 841. The summed E-state index contributed by atoms with van der Waals surface area (Å²) in [5.74, 6) is -1.03. The third kappa shape index (κ3) is 3.06. The van der Waals surface area contributed by atoms with E-state index in [1.165, 1.54) is 13.3 Å². The van der Waals surface area contributed by atoms with E-state index in [0.29, 0.717) is 11.3 Å². The first-order chi connectivity index (χ1) is 12.0. The molecule has 2 aliphatic heterocycles. The molecule has 1 aromatic carbocycles. The lowest BCUT2D eigenvalue weighted by molar-refractivity contribution is -0.430. The zero-order valence-corrected chi connectivity index (χ0v) is 13.6. The predicted octanol–water partition coefficient (Wildman–Crippen LogP) is 0.310. The second-order valence-electron chi connectivity index (χ2n) is 5.57. The van der Waals surface area contributed by atoms with Gasteiger partial charge in [0, 0.05) is 5.56 Å². The summed E-state index contributed by atoms with van der Waals surface area (Å²) in [4.78, 5) is 42.1. The molecule has 128 valence electrons. The van der Waals surface area contributed by atoms with E-state index in [-0.39, 0.29) is 18.9 Å². The Kier molecular flexibility index (Phi) is 4.42. The van der Waals surface area contributed by atoms with E-state index in [1.54, 1.807) is 36.4 Å². The van der Waals surface area contributed by atoms with Crippen LogP contribution in [0.3, 0.4) is 0 Å². The van der Waals surface area contributed by atoms with Gasteiger partial charge in [0.1, 0.15) is 18.5 Å². The lowest BCUT2D eigenvalue weighted by atomic mass is 10.0. The Morgan fingerprint density at radius 1 is 1.36 bits per heavy atom. The number of methoxy groups -OCH3 is 1. The van der Waals surface area contributed by atoms with Gasteiger partial charge in [0.2, 0.25) is 0 Å². The van der Waals surface area contributed by atoms with Crippen molar-refractivity contribution in [2.45, 2.75) is 6.54 Å². The number of nitrogens with two attached hydrogens (primary N) is 1. The maximum atomic E-state index is 12.8. The number of hydrogen-bond donors (Lipinski definition) is 1. The molecule has 25 heavy (non-hydrogen) atoms. The number of para-hydroxylation sites is 1. The number of carbonyl (C=O) groups is 3. The molecule has 1 aromatic rings. The molecular formula is C17H17N4O4+. The molecule has 8 heteroatoms. The normalized spacial score (nSPS) is 19.2. The van der Waals surface area contributed by atoms with E-state index < -0.39 is 23.8 Å². The van der Waals surface area contributed by atoms with Crippen molar-refractivity contribution in [2.75, 3.05) is 13.7 Å². The van der Waals surface area contributed by atoms with Crippen LogP contribution in [-0.4, -0.2) is 53.0 Å². The van der Waals surface area contributed by atoms with E-state index in [4.69, 9.17) is 10.5 Å². The summed E-state index contributed by atoms with van der Waals surface area (Å²) in [5.41, 5.74) is 5.92. The molecule has 2 heterocycles. The molecule has 4 amide bonds. The second kappa shape index (κ2) is 6.68. The van der Waals surface area contributed by atoms with Gasteiger partial charge >= 0.3 is 11.9 Å². The fourth-order valence-electron chi connectivity index (χ4n) is 2.84. The highest BCUT2D eigenvalue weighted by Crippen LogP contribution is 2.24. The van der Waals surface area contributed by atoms with Crippen molar-refractivity contribution in [3.05, 3.63) is 42.0 Å². The molecule has 3 rings (SSSR count). The number of ether oxygens (including phenoxy) is 1. The van der Waals surface area contributed by atoms with Crippen LogP contribution in [0.5, 0.6) is 5.75 Å².